The molecular weight excluding hydrogens is 472 g/mol. The van der Waals surface area contributed by atoms with Crippen LogP contribution in [0.25, 0.3) is 4.48 Å². The van der Waals surface area contributed by atoms with E-state index in [4.69, 9.17) is 11.6 Å². The molecule has 0 radical (unpaired) electrons. The van der Waals surface area contributed by atoms with Gasteiger partial charge in [0, 0.05) is 25.7 Å². The van der Waals surface area contributed by atoms with Crippen LogP contribution >= 0.6 is 27.5 Å². The summed E-state index contributed by atoms with van der Waals surface area (Å²) in [5.74, 6) is 1.48. The van der Waals surface area contributed by atoms with Crippen LogP contribution in [0.15, 0.2) is 6.08 Å². The number of amides is 2. The van der Waals surface area contributed by atoms with E-state index in [9.17, 15) is 14.7 Å². The fraction of sp³-hybridized carbons (Fsp3) is 0.667. The summed E-state index contributed by atoms with van der Waals surface area (Å²) >= 11 is 10.2. The summed E-state index contributed by atoms with van der Waals surface area (Å²) in [5, 5.41) is 10.1. The van der Waals surface area contributed by atoms with Gasteiger partial charge in [-0.3, -0.25) is 9.59 Å². The van der Waals surface area contributed by atoms with Crippen molar-refractivity contribution in [1.29, 1.82) is 0 Å². The lowest BCUT2D eigenvalue weighted by Gasteiger charge is -2.41. The molecule has 1 saturated heterocycles. The molecular formula is C21H26BrClN4O3. The number of rotatable bonds is 3. The highest BCUT2D eigenvalue weighted by molar-refractivity contribution is 9.15. The number of hydrogen-bond donors (Lipinski definition) is 1. The lowest BCUT2D eigenvalue weighted by Crippen LogP contribution is -2.56. The van der Waals surface area contributed by atoms with Gasteiger partial charge in [0.05, 0.1) is 10.6 Å². The number of carbonyl (C=O) groups excluding carboxylic acids is 2. The highest BCUT2D eigenvalue weighted by Crippen LogP contribution is 2.44. The fourth-order valence-corrected chi connectivity index (χ4v) is 5.93. The first-order valence-electron chi connectivity index (χ1n) is 10.8. The first kappa shape index (κ1) is 20.5. The molecule has 2 saturated carbocycles. The molecule has 0 spiro atoms. The number of hydrogen-bond acceptors (Lipinski definition) is 4. The van der Waals surface area contributed by atoms with Gasteiger partial charge in [0.15, 0.2) is 5.69 Å². The van der Waals surface area contributed by atoms with Gasteiger partial charge in [-0.25, -0.2) is 4.98 Å². The van der Waals surface area contributed by atoms with Crippen molar-refractivity contribution in [2.75, 3.05) is 19.6 Å². The molecule has 2 aliphatic heterocycles. The summed E-state index contributed by atoms with van der Waals surface area (Å²) in [7, 11) is 0. The maximum Gasteiger partial charge on any atom is 0.276 e. The van der Waals surface area contributed by atoms with Crippen molar-refractivity contribution in [1.82, 2.24) is 19.4 Å². The third-order valence-corrected chi connectivity index (χ3v) is 7.96. The van der Waals surface area contributed by atoms with Crippen molar-refractivity contribution in [3.63, 3.8) is 0 Å². The van der Waals surface area contributed by atoms with E-state index in [0.29, 0.717) is 35.9 Å². The van der Waals surface area contributed by atoms with E-state index in [1.165, 1.54) is 12.8 Å². The Kier molecular flexibility index (Phi) is 5.44. The number of halogens is 2. The van der Waals surface area contributed by atoms with E-state index >= 15 is 0 Å². The molecule has 0 aromatic carbocycles. The topological polar surface area (TPSA) is 78.7 Å². The van der Waals surface area contributed by atoms with Crippen molar-refractivity contribution >= 4 is 43.8 Å². The Morgan fingerprint density at radius 3 is 2.57 bits per heavy atom. The van der Waals surface area contributed by atoms with Crippen LogP contribution < -0.4 is 0 Å². The molecule has 2 aliphatic carbocycles. The summed E-state index contributed by atoms with van der Waals surface area (Å²) in [6.45, 7) is 1.79. The van der Waals surface area contributed by atoms with Crippen LogP contribution in [0.5, 0.6) is 0 Å². The van der Waals surface area contributed by atoms with Gasteiger partial charge in [-0.2, -0.15) is 0 Å². The number of imidazole rings is 1. The summed E-state index contributed by atoms with van der Waals surface area (Å²) in [5.41, 5.74) is 0.232. The second-order valence-corrected chi connectivity index (χ2v) is 10.2. The molecule has 1 aromatic rings. The Balaban J connectivity index is 1.29. The number of aliphatic hydroxyl groups is 1. The zero-order chi connectivity index (χ0) is 21.0. The van der Waals surface area contributed by atoms with Gasteiger partial charge in [0.25, 0.3) is 5.91 Å². The minimum Gasteiger partial charge on any atom is -0.393 e. The predicted molar refractivity (Wildman–Crippen MR) is 116 cm³/mol. The van der Waals surface area contributed by atoms with Crippen LogP contribution in [0.2, 0.25) is 5.15 Å². The second-order valence-electron chi connectivity index (χ2n) is 8.98. The summed E-state index contributed by atoms with van der Waals surface area (Å²) in [4.78, 5) is 33.9. The quantitative estimate of drug-likeness (QED) is 0.696. The van der Waals surface area contributed by atoms with E-state index in [1.807, 2.05) is 9.47 Å². The molecule has 5 rings (SSSR count). The van der Waals surface area contributed by atoms with Crippen molar-refractivity contribution < 1.29 is 14.7 Å². The molecule has 1 atom stereocenters. The largest absolute Gasteiger partial charge is 0.393 e. The number of allylic oxidation sites excluding steroid dienone is 1. The smallest absolute Gasteiger partial charge is 0.276 e. The minimum absolute atomic E-state index is 0.0361. The van der Waals surface area contributed by atoms with E-state index < -0.39 is 0 Å². The van der Waals surface area contributed by atoms with Gasteiger partial charge in [-0.05, 0) is 66.3 Å². The standard InChI is InChI=1S/C21H26BrClN4O3/c22-16-9-13(12-1-2-12)10-27-19(23)18(24-20(16)27)21(30)25-7-8-26(17(29)11-25)14-3-5-15(28)6-4-14/h9,12-15,28H,1-8,10-11H2. The molecule has 3 fully saturated rings. The summed E-state index contributed by atoms with van der Waals surface area (Å²) in [6.07, 6.45) is 7.53. The Hall–Kier alpha value is -1.38. The normalized spacial score (nSPS) is 29.6. The SMILES string of the molecule is O=C(c1nc2n(c1Cl)CC(C1CC1)C=C2Br)N1CCN(C2CCC(O)CC2)C(=O)C1. The van der Waals surface area contributed by atoms with Gasteiger partial charge in [0.2, 0.25) is 5.91 Å². The first-order valence-corrected chi connectivity index (χ1v) is 12.0. The van der Waals surface area contributed by atoms with Gasteiger partial charge in [0.1, 0.15) is 17.5 Å². The van der Waals surface area contributed by atoms with Gasteiger partial charge in [-0.15, -0.1) is 0 Å². The van der Waals surface area contributed by atoms with Crippen LogP contribution in [-0.2, 0) is 11.3 Å². The van der Waals surface area contributed by atoms with Crippen molar-refractivity contribution in [3.05, 3.63) is 22.7 Å². The van der Waals surface area contributed by atoms with E-state index in [0.717, 1.165) is 36.7 Å². The fourth-order valence-electron chi connectivity index (χ4n) is 5.02. The molecule has 1 N–H and O–H groups in total. The lowest BCUT2D eigenvalue weighted by molar-refractivity contribution is -0.138. The molecule has 2 amide bonds. The Morgan fingerprint density at radius 1 is 1.17 bits per heavy atom. The summed E-state index contributed by atoms with van der Waals surface area (Å²) in [6, 6.07) is 0.169. The predicted octanol–water partition coefficient (Wildman–Crippen LogP) is 2.90. The van der Waals surface area contributed by atoms with Crippen molar-refractivity contribution in [2.45, 2.75) is 57.2 Å². The zero-order valence-electron chi connectivity index (χ0n) is 16.8. The maximum absolute atomic E-state index is 13.2. The maximum atomic E-state index is 13.2. The average molecular weight is 498 g/mol. The highest BCUT2D eigenvalue weighted by Gasteiger charge is 2.38. The molecule has 0 bridgehead atoms. The second kappa shape index (κ2) is 7.95. The number of aromatic nitrogens is 2. The molecule has 1 aromatic heterocycles. The van der Waals surface area contributed by atoms with Gasteiger partial charge < -0.3 is 19.5 Å². The van der Waals surface area contributed by atoms with Gasteiger partial charge >= 0.3 is 0 Å². The lowest BCUT2D eigenvalue weighted by atomic mass is 9.91. The van der Waals surface area contributed by atoms with Crippen molar-refractivity contribution in [2.24, 2.45) is 11.8 Å². The molecule has 4 aliphatic rings. The third-order valence-electron chi connectivity index (χ3n) is 6.95. The molecule has 7 nitrogen and oxygen atoms in total. The number of aliphatic hydroxyl groups excluding tert-OH is 1. The van der Waals surface area contributed by atoms with Crippen LogP contribution in [0.1, 0.15) is 54.8 Å². The number of carbonyl (C=O) groups is 2. The molecule has 9 heteroatoms. The van der Waals surface area contributed by atoms with Gasteiger partial charge in [-0.1, -0.05) is 17.7 Å². The third kappa shape index (κ3) is 3.71. The first-order chi connectivity index (χ1) is 14.4. The van der Waals surface area contributed by atoms with E-state index in [2.05, 4.69) is 27.0 Å². The van der Waals surface area contributed by atoms with Crippen LogP contribution in [0.4, 0.5) is 0 Å². The Bertz CT molecular complexity index is 904. The highest BCUT2D eigenvalue weighted by atomic mass is 79.9. The number of fused-ring (bicyclic) bond motifs is 1. The van der Waals surface area contributed by atoms with E-state index in [-0.39, 0.29) is 36.2 Å². The minimum atomic E-state index is -0.280. The number of piperazine rings is 1. The monoisotopic (exact) mass is 496 g/mol. The Morgan fingerprint density at radius 2 is 1.90 bits per heavy atom. The van der Waals surface area contributed by atoms with Crippen LogP contribution in [-0.4, -0.2) is 68.1 Å². The number of nitrogens with zero attached hydrogens (tertiary/aromatic N) is 4. The Labute approximate surface area is 189 Å². The summed E-state index contributed by atoms with van der Waals surface area (Å²) < 4.78 is 2.81. The van der Waals surface area contributed by atoms with Crippen LogP contribution in [0, 0.1) is 11.8 Å². The van der Waals surface area contributed by atoms with Crippen molar-refractivity contribution in [3.8, 4) is 0 Å². The molecule has 3 heterocycles. The zero-order valence-corrected chi connectivity index (χ0v) is 19.1. The van der Waals surface area contributed by atoms with Crippen LogP contribution in [0.3, 0.4) is 0 Å². The molecule has 162 valence electrons. The molecule has 30 heavy (non-hydrogen) atoms. The van der Waals surface area contributed by atoms with E-state index in [1.54, 1.807) is 4.90 Å². The average Bonchev–Trinajstić information content (AvgIpc) is 3.53. The molecule has 1 unspecified atom stereocenters.